The number of rotatable bonds is 5. The Morgan fingerprint density at radius 1 is 1.43 bits per heavy atom. The first-order valence-electron chi connectivity index (χ1n) is 6.83. The molecule has 0 aromatic carbocycles. The molecular weight excluding hydrogens is 306 g/mol. The summed E-state index contributed by atoms with van der Waals surface area (Å²) >= 11 is 7.72. The first-order valence-corrected chi connectivity index (χ1v) is 8.08. The zero-order valence-corrected chi connectivity index (χ0v) is 13.8. The van der Waals surface area contributed by atoms with Crippen LogP contribution in [0.3, 0.4) is 0 Å². The Morgan fingerprint density at radius 2 is 2.19 bits per heavy atom. The second kappa shape index (κ2) is 7.00. The van der Waals surface area contributed by atoms with Crippen molar-refractivity contribution in [2.45, 2.75) is 39.2 Å². The van der Waals surface area contributed by atoms with Crippen LogP contribution in [0.4, 0.5) is 0 Å². The van der Waals surface area contributed by atoms with Crippen LogP contribution in [0, 0.1) is 0 Å². The van der Waals surface area contributed by atoms with Crippen LogP contribution < -0.4 is 5.32 Å². The van der Waals surface area contributed by atoms with Crippen molar-refractivity contribution in [1.82, 2.24) is 15.3 Å². The van der Waals surface area contributed by atoms with Gasteiger partial charge in [-0.05, 0) is 18.4 Å². The predicted molar refractivity (Wildman–Crippen MR) is 86.1 cm³/mol. The molecule has 0 saturated carbocycles. The minimum atomic E-state index is -0.256. The Balaban J connectivity index is 2.07. The topological polar surface area (TPSA) is 54.9 Å². The zero-order valence-electron chi connectivity index (χ0n) is 12.3. The van der Waals surface area contributed by atoms with Crippen molar-refractivity contribution < 1.29 is 4.79 Å². The van der Waals surface area contributed by atoms with Gasteiger partial charge in [0.2, 0.25) is 0 Å². The molecule has 2 heterocycles. The zero-order chi connectivity index (χ0) is 15.4. The molecule has 0 radical (unpaired) electrons. The Bertz CT molecular complexity index is 613. The molecule has 2 aromatic rings. The molecule has 4 nitrogen and oxygen atoms in total. The monoisotopic (exact) mass is 323 g/mol. The molecule has 0 saturated heterocycles. The van der Waals surface area contributed by atoms with Crippen LogP contribution in [0.1, 0.15) is 47.9 Å². The van der Waals surface area contributed by atoms with E-state index in [4.69, 9.17) is 11.6 Å². The maximum atomic E-state index is 12.3. The van der Waals surface area contributed by atoms with Gasteiger partial charge in [0.15, 0.2) is 0 Å². The van der Waals surface area contributed by atoms with E-state index in [1.807, 2.05) is 32.2 Å². The van der Waals surface area contributed by atoms with Gasteiger partial charge >= 0.3 is 0 Å². The average Bonchev–Trinajstić information content (AvgIpc) is 2.91. The largest absolute Gasteiger partial charge is 0.348 e. The van der Waals surface area contributed by atoms with Crippen molar-refractivity contribution in [1.29, 1.82) is 0 Å². The number of halogens is 1. The van der Waals surface area contributed by atoms with Crippen LogP contribution in [-0.2, 0) is 6.42 Å². The second-order valence-electron chi connectivity index (χ2n) is 5.24. The van der Waals surface area contributed by atoms with Crippen molar-refractivity contribution in [2.24, 2.45) is 0 Å². The molecule has 2 aromatic heterocycles. The van der Waals surface area contributed by atoms with E-state index in [9.17, 15) is 4.79 Å². The number of nitrogens with one attached hydrogen (secondary N) is 1. The van der Waals surface area contributed by atoms with Gasteiger partial charge in [0.25, 0.3) is 5.91 Å². The summed E-state index contributed by atoms with van der Waals surface area (Å²) in [6.07, 6.45) is 2.28. The van der Waals surface area contributed by atoms with E-state index in [1.165, 1.54) is 11.1 Å². The minimum Gasteiger partial charge on any atom is -0.348 e. The summed E-state index contributed by atoms with van der Waals surface area (Å²) in [6, 6.07) is 4.08. The summed E-state index contributed by atoms with van der Waals surface area (Å²) in [5.41, 5.74) is 0.244. The van der Waals surface area contributed by atoms with Gasteiger partial charge in [0.05, 0.1) is 11.2 Å². The van der Waals surface area contributed by atoms with Crippen LogP contribution in [0.5, 0.6) is 0 Å². The lowest BCUT2D eigenvalue weighted by Crippen LogP contribution is -2.34. The molecule has 0 bridgehead atoms. The minimum absolute atomic E-state index is 0.0182. The Hall–Kier alpha value is -1.46. The van der Waals surface area contributed by atoms with Gasteiger partial charge < -0.3 is 5.32 Å². The number of thiophene rings is 1. The van der Waals surface area contributed by atoms with E-state index < -0.39 is 0 Å². The van der Waals surface area contributed by atoms with Gasteiger partial charge in [-0.1, -0.05) is 31.5 Å². The average molecular weight is 324 g/mol. The molecule has 6 heteroatoms. The lowest BCUT2D eigenvalue weighted by molar-refractivity contribution is 0.0935. The first kappa shape index (κ1) is 15.9. The molecule has 0 aliphatic heterocycles. The van der Waals surface area contributed by atoms with Crippen molar-refractivity contribution >= 4 is 28.8 Å². The van der Waals surface area contributed by atoms with Crippen LogP contribution in [0.15, 0.2) is 23.7 Å². The van der Waals surface area contributed by atoms with E-state index >= 15 is 0 Å². The number of nitrogens with zero attached hydrogens (tertiary/aromatic N) is 2. The standard InChI is InChI=1S/C15H18ClN3OS/c1-9(2)14-17-8-12(16)13(19-14)15(20)18-10(3)7-11-5-4-6-21-11/h4-6,8-10H,7H2,1-3H3,(H,18,20). The summed E-state index contributed by atoms with van der Waals surface area (Å²) in [5.74, 6) is 0.515. The van der Waals surface area contributed by atoms with Crippen LogP contribution in [0.2, 0.25) is 5.02 Å². The summed E-state index contributed by atoms with van der Waals surface area (Å²) in [4.78, 5) is 21.9. The predicted octanol–water partition coefficient (Wildman–Crippen LogP) is 3.68. The van der Waals surface area contributed by atoms with Crippen molar-refractivity contribution in [2.75, 3.05) is 0 Å². The van der Waals surface area contributed by atoms with E-state index in [-0.39, 0.29) is 28.6 Å². The molecule has 112 valence electrons. The molecule has 1 amide bonds. The number of carbonyl (C=O) groups excluding carboxylic acids is 1. The van der Waals surface area contributed by atoms with Gasteiger partial charge in [-0.25, -0.2) is 9.97 Å². The van der Waals surface area contributed by atoms with Crippen molar-refractivity contribution in [3.8, 4) is 0 Å². The highest BCUT2D eigenvalue weighted by Crippen LogP contribution is 2.17. The van der Waals surface area contributed by atoms with Crippen LogP contribution in [-0.4, -0.2) is 21.9 Å². The SMILES string of the molecule is CC(Cc1cccs1)NC(=O)c1nc(C(C)C)ncc1Cl. The lowest BCUT2D eigenvalue weighted by Gasteiger charge is -2.14. The van der Waals surface area contributed by atoms with E-state index in [0.29, 0.717) is 5.82 Å². The fourth-order valence-electron chi connectivity index (χ4n) is 1.89. The van der Waals surface area contributed by atoms with Crippen molar-refractivity contribution in [3.63, 3.8) is 0 Å². The maximum absolute atomic E-state index is 12.3. The Kier molecular flexibility index (Phi) is 5.31. The van der Waals surface area contributed by atoms with Crippen LogP contribution >= 0.6 is 22.9 Å². The lowest BCUT2D eigenvalue weighted by atomic mass is 10.2. The molecule has 0 fully saturated rings. The highest BCUT2D eigenvalue weighted by molar-refractivity contribution is 7.09. The third-order valence-corrected chi connectivity index (χ3v) is 4.13. The highest BCUT2D eigenvalue weighted by Gasteiger charge is 2.17. The summed E-state index contributed by atoms with van der Waals surface area (Å²) in [7, 11) is 0. The number of aromatic nitrogens is 2. The molecule has 2 rings (SSSR count). The quantitative estimate of drug-likeness (QED) is 0.913. The number of carbonyl (C=O) groups is 1. The molecule has 1 atom stereocenters. The third kappa shape index (κ3) is 4.25. The third-order valence-electron chi connectivity index (χ3n) is 2.96. The first-order chi connectivity index (χ1) is 9.97. The molecule has 0 aliphatic rings. The molecule has 0 spiro atoms. The smallest absolute Gasteiger partial charge is 0.271 e. The molecule has 1 N–H and O–H groups in total. The summed E-state index contributed by atoms with van der Waals surface area (Å²) < 4.78 is 0. The van der Waals surface area contributed by atoms with Gasteiger partial charge in [-0.15, -0.1) is 11.3 Å². The van der Waals surface area contributed by atoms with Gasteiger partial charge in [-0.2, -0.15) is 0 Å². The van der Waals surface area contributed by atoms with Gasteiger partial charge in [0.1, 0.15) is 11.5 Å². The van der Waals surface area contributed by atoms with Gasteiger partial charge in [0, 0.05) is 23.3 Å². The normalized spacial score (nSPS) is 12.4. The number of hydrogen-bond acceptors (Lipinski definition) is 4. The molecule has 1 unspecified atom stereocenters. The summed E-state index contributed by atoms with van der Waals surface area (Å²) in [6.45, 7) is 5.92. The van der Waals surface area contributed by atoms with Crippen LogP contribution in [0.25, 0.3) is 0 Å². The molecule has 0 aliphatic carbocycles. The number of amides is 1. The number of hydrogen-bond donors (Lipinski definition) is 1. The second-order valence-corrected chi connectivity index (χ2v) is 6.68. The Labute approximate surface area is 133 Å². The van der Waals surface area contributed by atoms with E-state index in [2.05, 4.69) is 21.4 Å². The highest BCUT2D eigenvalue weighted by atomic mass is 35.5. The molecular formula is C15H18ClN3OS. The maximum Gasteiger partial charge on any atom is 0.271 e. The summed E-state index contributed by atoms with van der Waals surface area (Å²) in [5, 5.41) is 5.24. The van der Waals surface area contributed by atoms with Crippen molar-refractivity contribution in [3.05, 3.63) is 45.1 Å². The fourth-order valence-corrected chi connectivity index (χ4v) is 2.90. The fraction of sp³-hybridized carbons (Fsp3) is 0.400. The Morgan fingerprint density at radius 3 is 2.81 bits per heavy atom. The van der Waals surface area contributed by atoms with Gasteiger partial charge in [-0.3, -0.25) is 4.79 Å². The molecule has 21 heavy (non-hydrogen) atoms. The van der Waals surface area contributed by atoms with E-state index in [1.54, 1.807) is 11.3 Å². The van der Waals surface area contributed by atoms with E-state index in [0.717, 1.165) is 6.42 Å².